The predicted molar refractivity (Wildman–Crippen MR) is 136 cm³/mol. The number of nitrogens with one attached hydrogen (secondary N) is 1. The van der Waals surface area contributed by atoms with Gasteiger partial charge in [0.05, 0.1) is 28.7 Å². The fraction of sp³-hybridized carbons (Fsp3) is 0.261. The van der Waals surface area contributed by atoms with E-state index in [1.165, 1.54) is 22.7 Å². The van der Waals surface area contributed by atoms with Crippen molar-refractivity contribution in [3.8, 4) is 11.3 Å². The number of hydrogen-bond donors (Lipinski definition) is 1. The van der Waals surface area contributed by atoms with Gasteiger partial charge in [-0.15, -0.1) is 11.3 Å². The minimum atomic E-state index is -3.33. The minimum Gasteiger partial charge on any atom is -0.302 e. The summed E-state index contributed by atoms with van der Waals surface area (Å²) in [5, 5.41) is 5.08. The molecule has 0 aliphatic carbocycles. The summed E-state index contributed by atoms with van der Waals surface area (Å²) in [6.45, 7) is 2.75. The first kappa shape index (κ1) is 23.7. The lowest BCUT2D eigenvalue weighted by atomic mass is 10.1. The van der Waals surface area contributed by atoms with Crippen molar-refractivity contribution < 1.29 is 13.2 Å². The van der Waals surface area contributed by atoms with Crippen LogP contribution in [0, 0.1) is 0 Å². The molecule has 0 fully saturated rings. The van der Waals surface area contributed by atoms with Gasteiger partial charge < -0.3 is 5.32 Å². The smallest absolute Gasteiger partial charge is 0.302 e. The molecule has 0 atom stereocenters. The largest absolute Gasteiger partial charge is 0.329 e. The van der Waals surface area contributed by atoms with Gasteiger partial charge in [0.2, 0.25) is 15.9 Å². The van der Waals surface area contributed by atoms with Crippen molar-refractivity contribution in [2.45, 2.75) is 26.4 Å². The molecule has 11 heteroatoms. The third kappa shape index (κ3) is 4.75. The van der Waals surface area contributed by atoms with Crippen molar-refractivity contribution in [2.75, 3.05) is 22.9 Å². The van der Waals surface area contributed by atoms with Crippen molar-refractivity contribution >= 4 is 49.1 Å². The highest BCUT2D eigenvalue weighted by atomic mass is 32.2. The van der Waals surface area contributed by atoms with Gasteiger partial charge in [-0.05, 0) is 31.2 Å². The number of carbonyl (C=O) groups excluding carboxylic acids is 1. The summed E-state index contributed by atoms with van der Waals surface area (Å²) < 4.78 is 27.9. The third-order valence-electron chi connectivity index (χ3n) is 5.58. The number of aryl methyl sites for hydroxylation is 2. The predicted octanol–water partition coefficient (Wildman–Crippen LogP) is 3.37. The van der Waals surface area contributed by atoms with Crippen LogP contribution >= 0.6 is 11.3 Å². The summed E-state index contributed by atoms with van der Waals surface area (Å²) in [7, 11) is -1.84. The van der Waals surface area contributed by atoms with Crippen LogP contribution < -0.4 is 15.3 Å². The highest BCUT2D eigenvalue weighted by Crippen LogP contribution is 2.27. The molecule has 2 aromatic carbocycles. The van der Waals surface area contributed by atoms with Crippen molar-refractivity contribution in [2.24, 2.45) is 0 Å². The summed E-state index contributed by atoms with van der Waals surface area (Å²) in [4.78, 5) is 29.7. The lowest BCUT2D eigenvalue weighted by molar-refractivity contribution is -0.116. The van der Waals surface area contributed by atoms with Crippen molar-refractivity contribution in [3.05, 3.63) is 64.4 Å². The number of fused-ring (bicyclic) bond motifs is 1. The van der Waals surface area contributed by atoms with Gasteiger partial charge in [0.1, 0.15) is 0 Å². The molecule has 2 heterocycles. The van der Waals surface area contributed by atoms with Crippen LogP contribution in [0.15, 0.2) is 58.7 Å². The van der Waals surface area contributed by atoms with E-state index >= 15 is 0 Å². The molecule has 0 saturated carbocycles. The quantitative estimate of drug-likeness (QED) is 0.400. The van der Waals surface area contributed by atoms with Crippen LogP contribution in [0.1, 0.15) is 13.3 Å². The number of thiazole rings is 1. The van der Waals surface area contributed by atoms with Gasteiger partial charge in [-0.1, -0.05) is 24.3 Å². The first-order chi connectivity index (χ1) is 16.2. The molecular weight excluding hydrogens is 474 g/mol. The molecule has 1 amide bonds. The molecule has 1 N–H and O–H groups in total. The van der Waals surface area contributed by atoms with Crippen LogP contribution in [-0.4, -0.2) is 41.7 Å². The number of para-hydroxylation sites is 2. The Morgan fingerprint density at radius 2 is 1.74 bits per heavy atom. The fourth-order valence-electron chi connectivity index (χ4n) is 3.69. The molecule has 4 rings (SSSR count). The number of sulfonamides is 1. The molecule has 178 valence electrons. The molecular formula is C23H25N5O4S2. The Kier molecular flexibility index (Phi) is 6.58. The number of benzene rings is 2. The van der Waals surface area contributed by atoms with E-state index in [2.05, 4.69) is 10.3 Å². The zero-order chi connectivity index (χ0) is 24.5. The summed E-state index contributed by atoms with van der Waals surface area (Å²) in [5.74, 6) is -0.230. The van der Waals surface area contributed by atoms with E-state index in [1.807, 2.05) is 36.6 Å². The van der Waals surface area contributed by atoms with E-state index in [0.29, 0.717) is 23.1 Å². The van der Waals surface area contributed by atoms with Crippen LogP contribution in [0.4, 0.5) is 10.8 Å². The van der Waals surface area contributed by atoms with Gasteiger partial charge in [-0.25, -0.2) is 18.2 Å². The number of aromatic nitrogens is 3. The monoisotopic (exact) mass is 499 g/mol. The Morgan fingerprint density at radius 1 is 1.09 bits per heavy atom. The van der Waals surface area contributed by atoms with Crippen molar-refractivity contribution in [1.29, 1.82) is 0 Å². The standard InChI is InChI=1S/C23H25N5O4S2/c1-4-27-19-7-5-6-8-20(19)28(23(27)30)14-13-21(29)25-22-24-18(15-33-22)16-9-11-17(12-10-16)26(2)34(3,31)32/h5-12,15H,4,13-14H2,1-3H3,(H,24,25,29). The van der Waals surface area contributed by atoms with E-state index in [-0.39, 0.29) is 24.6 Å². The minimum absolute atomic E-state index is 0.127. The molecule has 0 aliphatic rings. The molecule has 0 saturated heterocycles. The second-order valence-electron chi connectivity index (χ2n) is 7.78. The van der Waals surface area contributed by atoms with Gasteiger partial charge in [-0.2, -0.15) is 0 Å². The number of amides is 1. The van der Waals surface area contributed by atoms with Crippen LogP contribution in [0.5, 0.6) is 0 Å². The molecule has 0 spiro atoms. The van der Waals surface area contributed by atoms with Crippen LogP contribution in [0.3, 0.4) is 0 Å². The maximum absolute atomic E-state index is 12.7. The van der Waals surface area contributed by atoms with E-state index in [9.17, 15) is 18.0 Å². The topological polar surface area (TPSA) is 106 Å². The number of carbonyl (C=O) groups is 1. The Balaban J connectivity index is 1.42. The van der Waals surface area contributed by atoms with Gasteiger partial charge in [0.25, 0.3) is 0 Å². The summed E-state index contributed by atoms with van der Waals surface area (Å²) in [6, 6.07) is 14.5. The number of nitrogens with zero attached hydrogens (tertiary/aromatic N) is 4. The molecule has 0 unspecified atom stereocenters. The maximum Gasteiger partial charge on any atom is 0.329 e. The first-order valence-corrected chi connectivity index (χ1v) is 13.4. The molecule has 2 aromatic heterocycles. The highest BCUT2D eigenvalue weighted by molar-refractivity contribution is 7.92. The van der Waals surface area contributed by atoms with Gasteiger partial charge in [0.15, 0.2) is 5.13 Å². The SMILES string of the molecule is CCn1c(=O)n(CCC(=O)Nc2nc(-c3ccc(N(C)S(C)(=O)=O)cc3)cs2)c2ccccc21. The third-order valence-corrected chi connectivity index (χ3v) is 7.54. The molecule has 34 heavy (non-hydrogen) atoms. The maximum atomic E-state index is 12.7. The van der Waals surface area contributed by atoms with E-state index < -0.39 is 10.0 Å². The number of imidazole rings is 1. The molecule has 0 radical (unpaired) electrons. The normalized spacial score (nSPS) is 11.6. The van der Waals surface area contributed by atoms with E-state index in [1.54, 1.807) is 33.4 Å². The number of rotatable bonds is 8. The summed E-state index contributed by atoms with van der Waals surface area (Å²) in [5.41, 5.74) is 3.57. The Bertz CT molecular complexity index is 1500. The second kappa shape index (κ2) is 9.43. The van der Waals surface area contributed by atoms with Gasteiger partial charge in [0, 0.05) is 37.5 Å². The highest BCUT2D eigenvalue weighted by Gasteiger charge is 2.15. The summed E-state index contributed by atoms with van der Waals surface area (Å²) >= 11 is 1.30. The Hall–Kier alpha value is -3.44. The van der Waals surface area contributed by atoms with E-state index in [0.717, 1.165) is 22.9 Å². The first-order valence-electron chi connectivity index (χ1n) is 10.7. The molecule has 0 bridgehead atoms. The van der Waals surface area contributed by atoms with Crippen LogP contribution in [-0.2, 0) is 27.9 Å². The number of hydrogen-bond acceptors (Lipinski definition) is 6. The van der Waals surface area contributed by atoms with Crippen molar-refractivity contribution in [3.63, 3.8) is 0 Å². The number of anilines is 2. The molecule has 0 aliphatic heterocycles. The average molecular weight is 500 g/mol. The van der Waals surface area contributed by atoms with Crippen LogP contribution in [0.2, 0.25) is 0 Å². The zero-order valence-electron chi connectivity index (χ0n) is 19.1. The fourth-order valence-corrected chi connectivity index (χ4v) is 4.93. The lowest BCUT2D eigenvalue weighted by Gasteiger charge is -2.16. The molecule has 9 nitrogen and oxygen atoms in total. The zero-order valence-corrected chi connectivity index (χ0v) is 20.7. The van der Waals surface area contributed by atoms with Gasteiger partial charge >= 0.3 is 5.69 Å². The lowest BCUT2D eigenvalue weighted by Crippen LogP contribution is -2.25. The average Bonchev–Trinajstić information content (AvgIpc) is 3.38. The van der Waals surface area contributed by atoms with Gasteiger partial charge in [-0.3, -0.25) is 18.2 Å². The summed E-state index contributed by atoms with van der Waals surface area (Å²) in [6.07, 6.45) is 1.29. The van der Waals surface area contributed by atoms with Crippen LogP contribution in [0.25, 0.3) is 22.3 Å². The Morgan fingerprint density at radius 3 is 2.35 bits per heavy atom. The van der Waals surface area contributed by atoms with E-state index in [4.69, 9.17) is 0 Å². The second-order valence-corrected chi connectivity index (χ2v) is 10.7. The van der Waals surface area contributed by atoms with Crippen molar-refractivity contribution in [1.82, 2.24) is 14.1 Å². The molecule has 4 aromatic rings. The Labute approximate surface area is 201 Å².